The monoisotopic (exact) mass is 206 g/mol. The van der Waals surface area contributed by atoms with Crippen LogP contribution in [0.2, 0.25) is 0 Å². The second-order valence-electron chi connectivity index (χ2n) is 3.27. The highest BCUT2D eigenvalue weighted by Crippen LogP contribution is 2.16. The third-order valence-corrected chi connectivity index (χ3v) is 2.01. The summed E-state index contributed by atoms with van der Waals surface area (Å²) in [5.74, 6) is 0.740. The van der Waals surface area contributed by atoms with E-state index in [1.807, 2.05) is 6.92 Å². The van der Waals surface area contributed by atoms with Gasteiger partial charge >= 0.3 is 0 Å². The van der Waals surface area contributed by atoms with Crippen molar-refractivity contribution in [1.82, 2.24) is 10.1 Å². The molecule has 0 aliphatic rings. The summed E-state index contributed by atoms with van der Waals surface area (Å²) in [5, 5.41) is 3.79. The first kappa shape index (κ1) is 9.83. The van der Waals surface area contributed by atoms with Gasteiger partial charge in [0.25, 0.3) is 0 Å². The molecule has 0 fully saturated rings. The number of halogens is 1. The fraction of sp³-hybridized carbons (Fsp3) is 0.273. The number of hydrogen-bond donors (Lipinski definition) is 0. The summed E-state index contributed by atoms with van der Waals surface area (Å²) < 4.78 is 17.9. The number of aromatic nitrogens is 2. The van der Waals surface area contributed by atoms with Gasteiger partial charge in [-0.15, -0.1) is 0 Å². The minimum atomic E-state index is -0.297. The Morgan fingerprint density at radius 2 is 2.27 bits per heavy atom. The number of nitrogens with zero attached hydrogens (tertiary/aromatic N) is 2. The fourth-order valence-corrected chi connectivity index (χ4v) is 1.32. The molecule has 0 saturated carbocycles. The Hall–Kier alpha value is -1.71. The Kier molecular flexibility index (Phi) is 2.76. The first-order valence-electron chi connectivity index (χ1n) is 4.88. The van der Waals surface area contributed by atoms with Crippen LogP contribution in [0.3, 0.4) is 0 Å². The molecule has 0 atom stereocenters. The van der Waals surface area contributed by atoms with Crippen molar-refractivity contribution in [2.24, 2.45) is 0 Å². The van der Waals surface area contributed by atoms with Gasteiger partial charge in [-0.3, -0.25) is 0 Å². The molecular weight excluding hydrogens is 195 g/mol. The van der Waals surface area contributed by atoms with Crippen molar-refractivity contribution in [3.05, 3.63) is 36.0 Å². The highest BCUT2D eigenvalue weighted by atomic mass is 19.1. The van der Waals surface area contributed by atoms with Gasteiger partial charge in [0.1, 0.15) is 5.82 Å². The minimum absolute atomic E-state index is 0.297. The van der Waals surface area contributed by atoms with Gasteiger partial charge in [0.05, 0.1) is 0 Å². The molecule has 4 heteroatoms. The van der Waals surface area contributed by atoms with E-state index >= 15 is 0 Å². The lowest BCUT2D eigenvalue weighted by molar-refractivity contribution is 0.378. The molecule has 15 heavy (non-hydrogen) atoms. The SMILES string of the molecule is CCCc1nc(-c2cccc(F)c2)no1. The van der Waals surface area contributed by atoms with E-state index in [0.29, 0.717) is 17.3 Å². The molecule has 1 heterocycles. The number of aryl methyl sites for hydroxylation is 1. The second kappa shape index (κ2) is 4.21. The van der Waals surface area contributed by atoms with Crippen molar-refractivity contribution in [2.45, 2.75) is 19.8 Å². The van der Waals surface area contributed by atoms with Gasteiger partial charge in [-0.25, -0.2) is 4.39 Å². The van der Waals surface area contributed by atoms with Crippen molar-refractivity contribution in [3.8, 4) is 11.4 Å². The molecule has 1 aromatic heterocycles. The van der Waals surface area contributed by atoms with Gasteiger partial charge in [-0.2, -0.15) is 4.98 Å². The zero-order chi connectivity index (χ0) is 10.7. The van der Waals surface area contributed by atoms with Crippen LogP contribution >= 0.6 is 0 Å². The predicted molar refractivity (Wildman–Crippen MR) is 53.7 cm³/mol. The molecule has 0 radical (unpaired) electrons. The number of benzene rings is 1. The smallest absolute Gasteiger partial charge is 0.226 e. The van der Waals surface area contributed by atoms with Crippen molar-refractivity contribution in [2.75, 3.05) is 0 Å². The van der Waals surface area contributed by atoms with E-state index in [2.05, 4.69) is 10.1 Å². The minimum Gasteiger partial charge on any atom is -0.339 e. The summed E-state index contributed by atoms with van der Waals surface area (Å²) in [7, 11) is 0. The highest BCUT2D eigenvalue weighted by Gasteiger charge is 2.07. The van der Waals surface area contributed by atoms with Crippen LogP contribution in [0.5, 0.6) is 0 Å². The molecule has 0 N–H and O–H groups in total. The van der Waals surface area contributed by atoms with Crippen molar-refractivity contribution in [1.29, 1.82) is 0 Å². The van der Waals surface area contributed by atoms with Gasteiger partial charge < -0.3 is 4.52 Å². The van der Waals surface area contributed by atoms with E-state index in [0.717, 1.165) is 12.8 Å². The maximum absolute atomic E-state index is 12.9. The van der Waals surface area contributed by atoms with Gasteiger partial charge in [-0.05, 0) is 18.6 Å². The molecular formula is C11H11FN2O. The van der Waals surface area contributed by atoms with Crippen LogP contribution in [0.25, 0.3) is 11.4 Å². The van der Waals surface area contributed by atoms with Crippen LogP contribution in [-0.2, 0) is 6.42 Å². The Labute approximate surface area is 86.9 Å². The summed E-state index contributed by atoms with van der Waals surface area (Å²) in [6.45, 7) is 2.03. The lowest BCUT2D eigenvalue weighted by Gasteiger charge is -1.92. The van der Waals surface area contributed by atoms with Crippen LogP contribution in [0.4, 0.5) is 4.39 Å². The van der Waals surface area contributed by atoms with E-state index in [-0.39, 0.29) is 5.82 Å². The number of hydrogen-bond acceptors (Lipinski definition) is 3. The summed E-state index contributed by atoms with van der Waals surface area (Å²) in [4.78, 5) is 4.17. The summed E-state index contributed by atoms with van der Waals surface area (Å²) >= 11 is 0. The number of rotatable bonds is 3. The van der Waals surface area contributed by atoms with Crippen molar-refractivity contribution >= 4 is 0 Å². The molecule has 0 saturated heterocycles. The Balaban J connectivity index is 2.29. The third-order valence-electron chi connectivity index (χ3n) is 2.01. The van der Waals surface area contributed by atoms with Crippen LogP contribution in [0.15, 0.2) is 28.8 Å². The zero-order valence-electron chi connectivity index (χ0n) is 8.40. The van der Waals surface area contributed by atoms with Gasteiger partial charge in [-0.1, -0.05) is 24.2 Å². The summed E-state index contributed by atoms with van der Waals surface area (Å²) in [6, 6.07) is 6.15. The molecule has 0 aliphatic carbocycles. The van der Waals surface area contributed by atoms with E-state index in [4.69, 9.17) is 4.52 Å². The molecule has 1 aromatic carbocycles. The predicted octanol–water partition coefficient (Wildman–Crippen LogP) is 2.83. The maximum Gasteiger partial charge on any atom is 0.226 e. The fourth-order valence-electron chi connectivity index (χ4n) is 1.32. The third kappa shape index (κ3) is 2.21. The quantitative estimate of drug-likeness (QED) is 0.775. The van der Waals surface area contributed by atoms with Crippen LogP contribution in [-0.4, -0.2) is 10.1 Å². The van der Waals surface area contributed by atoms with Crippen LogP contribution in [0.1, 0.15) is 19.2 Å². The van der Waals surface area contributed by atoms with Gasteiger partial charge in [0, 0.05) is 12.0 Å². The Morgan fingerprint density at radius 1 is 1.40 bits per heavy atom. The molecule has 2 rings (SSSR count). The lowest BCUT2D eigenvalue weighted by atomic mass is 10.2. The summed E-state index contributed by atoms with van der Waals surface area (Å²) in [5.41, 5.74) is 0.640. The first-order chi connectivity index (χ1) is 7.29. The lowest BCUT2D eigenvalue weighted by Crippen LogP contribution is -1.84. The molecule has 0 bridgehead atoms. The van der Waals surface area contributed by atoms with Gasteiger partial charge in [0.2, 0.25) is 11.7 Å². The largest absolute Gasteiger partial charge is 0.339 e. The van der Waals surface area contributed by atoms with Gasteiger partial charge in [0.15, 0.2) is 0 Å². The van der Waals surface area contributed by atoms with Crippen LogP contribution < -0.4 is 0 Å². The second-order valence-corrected chi connectivity index (χ2v) is 3.27. The van der Waals surface area contributed by atoms with E-state index in [1.165, 1.54) is 12.1 Å². The normalized spacial score (nSPS) is 10.5. The molecule has 0 unspecified atom stereocenters. The molecule has 3 nitrogen and oxygen atoms in total. The van der Waals surface area contributed by atoms with Crippen LogP contribution in [0, 0.1) is 5.82 Å². The summed E-state index contributed by atoms with van der Waals surface area (Å²) in [6.07, 6.45) is 1.70. The standard InChI is InChI=1S/C11H11FN2O/c1-2-4-10-13-11(14-15-10)8-5-3-6-9(12)7-8/h3,5-7H,2,4H2,1H3. The Bertz CT molecular complexity index is 453. The molecule has 0 spiro atoms. The molecule has 78 valence electrons. The maximum atomic E-state index is 12.9. The average Bonchev–Trinajstić information content (AvgIpc) is 2.67. The van der Waals surface area contributed by atoms with E-state index in [1.54, 1.807) is 12.1 Å². The first-order valence-corrected chi connectivity index (χ1v) is 4.88. The van der Waals surface area contributed by atoms with E-state index < -0.39 is 0 Å². The molecule has 0 amide bonds. The Morgan fingerprint density at radius 3 is 3.00 bits per heavy atom. The molecule has 2 aromatic rings. The average molecular weight is 206 g/mol. The highest BCUT2D eigenvalue weighted by molar-refractivity contribution is 5.53. The topological polar surface area (TPSA) is 38.9 Å². The van der Waals surface area contributed by atoms with Crippen molar-refractivity contribution in [3.63, 3.8) is 0 Å². The van der Waals surface area contributed by atoms with Crippen molar-refractivity contribution < 1.29 is 8.91 Å². The zero-order valence-corrected chi connectivity index (χ0v) is 8.40. The molecule has 0 aliphatic heterocycles. The van der Waals surface area contributed by atoms with E-state index in [9.17, 15) is 4.39 Å².